The Morgan fingerprint density at radius 3 is 2.39 bits per heavy atom. The van der Waals surface area contributed by atoms with Crippen molar-refractivity contribution in [2.24, 2.45) is 0 Å². The SMILES string of the molecule is CCCC[C@H](NC(=O)C[C@@H]1NC(=O)[C@H](Cc2ccccc2)NC1=O)C(=O)OC. The molecule has 1 aliphatic rings. The molecule has 0 spiro atoms. The number of methoxy groups -OCH3 is 1. The molecular formula is C20H27N3O5. The number of ether oxygens (including phenoxy) is 1. The summed E-state index contributed by atoms with van der Waals surface area (Å²) in [6.07, 6.45) is 2.21. The van der Waals surface area contributed by atoms with Gasteiger partial charge in [0.15, 0.2) is 0 Å². The third-order valence-electron chi connectivity index (χ3n) is 4.61. The summed E-state index contributed by atoms with van der Waals surface area (Å²) < 4.78 is 4.71. The van der Waals surface area contributed by atoms with E-state index in [9.17, 15) is 19.2 Å². The molecule has 3 amide bonds. The number of esters is 1. The Bertz CT molecular complexity index is 707. The van der Waals surface area contributed by atoms with E-state index in [0.717, 1.165) is 18.4 Å². The number of carbonyl (C=O) groups excluding carboxylic acids is 4. The second-order valence-corrected chi connectivity index (χ2v) is 6.80. The quantitative estimate of drug-likeness (QED) is 0.531. The van der Waals surface area contributed by atoms with Gasteiger partial charge in [-0.3, -0.25) is 14.4 Å². The average molecular weight is 389 g/mol. The smallest absolute Gasteiger partial charge is 0.328 e. The van der Waals surface area contributed by atoms with Crippen LogP contribution in [0.15, 0.2) is 30.3 Å². The van der Waals surface area contributed by atoms with Crippen LogP contribution in [0, 0.1) is 0 Å². The number of hydrogen-bond donors (Lipinski definition) is 3. The number of amides is 3. The molecule has 1 aromatic carbocycles. The topological polar surface area (TPSA) is 114 Å². The third kappa shape index (κ3) is 6.07. The van der Waals surface area contributed by atoms with Gasteiger partial charge in [0.25, 0.3) is 0 Å². The summed E-state index contributed by atoms with van der Waals surface area (Å²) >= 11 is 0. The van der Waals surface area contributed by atoms with Gasteiger partial charge in [-0.25, -0.2) is 4.79 Å². The van der Waals surface area contributed by atoms with Gasteiger partial charge in [0.1, 0.15) is 18.1 Å². The Morgan fingerprint density at radius 2 is 1.75 bits per heavy atom. The molecule has 2 rings (SSSR count). The summed E-state index contributed by atoms with van der Waals surface area (Å²) in [5.41, 5.74) is 0.927. The van der Waals surface area contributed by atoms with E-state index in [1.165, 1.54) is 7.11 Å². The van der Waals surface area contributed by atoms with Gasteiger partial charge in [-0.2, -0.15) is 0 Å². The van der Waals surface area contributed by atoms with E-state index in [4.69, 9.17) is 4.74 Å². The molecule has 1 saturated heterocycles. The van der Waals surface area contributed by atoms with Crippen LogP contribution in [0.2, 0.25) is 0 Å². The Kier molecular flexibility index (Phi) is 7.98. The highest BCUT2D eigenvalue weighted by Crippen LogP contribution is 2.09. The Morgan fingerprint density at radius 1 is 1.11 bits per heavy atom. The van der Waals surface area contributed by atoms with Gasteiger partial charge in [-0.1, -0.05) is 50.1 Å². The zero-order valence-corrected chi connectivity index (χ0v) is 16.2. The summed E-state index contributed by atoms with van der Waals surface area (Å²) in [6.45, 7) is 1.98. The van der Waals surface area contributed by atoms with Crippen molar-refractivity contribution in [3.05, 3.63) is 35.9 Å². The van der Waals surface area contributed by atoms with E-state index in [1.807, 2.05) is 37.3 Å². The molecule has 152 valence electrons. The summed E-state index contributed by atoms with van der Waals surface area (Å²) in [5.74, 6) is -1.77. The average Bonchev–Trinajstić information content (AvgIpc) is 2.69. The third-order valence-corrected chi connectivity index (χ3v) is 4.61. The van der Waals surface area contributed by atoms with Gasteiger partial charge in [-0.05, 0) is 12.0 Å². The predicted octanol–water partition coefficient (Wildman–Crippen LogP) is 0.450. The number of benzene rings is 1. The minimum atomic E-state index is -0.969. The zero-order chi connectivity index (χ0) is 20.5. The standard InChI is InChI=1S/C20H27N3O5/c1-3-4-10-14(20(27)28-2)21-17(24)12-16-19(26)22-15(18(25)23-16)11-13-8-6-5-7-9-13/h5-9,14-16H,3-4,10-12H2,1-2H3,(H,21,24)(H,22,26)(H,23,25)/t14-,15-,16-/m0/s1. The highest BCUT2D eigenvalue weighted by Gasteiger charge is 2.35. The summed E-state index contributed by atoms with van der Waals surface area (Å²) in [4.78, 5) is 48.7. The lowest BCUT2D eigenvalue weighted by Gasteiger charge is -2.29. The predicted molar refractivity (Wildman–Crippen MR) is 102 cm³/mol. The number of rotatable bonds is 9. The maximum Gasteiger partial charge on any atom is 0.328 e. The molecule has 8 heteroatoms. The number of unbranched alkanes of at least 4 members (excludes halogenated alkanes) is 1. The van der Waals surface area contributed by atoms with Crippen molar-refractivity contribution in [3.63, 3.8) is 0 Å². The van der Waals surface area contributed by atoms with E-state index in [0.29, 0.717) is 12.8 Å². The van der Waals surface area contributed by atoms with Gasteiger partial charge >= 0.3 is 5.97 Å². The lowest BCUT2D eigenvalue weighted by Crippen LogP contribution is -2.63. The van der Waals surface area contributed by atoms with Crippen LogP contribution in [0.3, 0.4) is 0 Å². The van der Waals surface area contributed by atoms with Crippen LogP contribution in [-0.4, -0.2) is 48.9 Å². The Balaban J connectivity index is 1.90. The van der Waals surface area contributed by atoms with Gasteiger partial charge in [0.05, 0.1) is 13.5 Å². The van der Waals surface area contributed by atoms with E-state index >= 15 is 0 Å². The molecular weight excluding hydrogens is 362 g/mol. The van der Waals surface area contributed by atoms with Crippen LogP contribution < -0.4 is 16.0 Å². The fourth-order valence-electron chi connectivity index (χ4n) is 3.05. The minimum Gasteiger partial charge on any atom is -0.467 e. The first kappa shape index (κ1) is 21.4. The monoisotopic (exact) mass is 389 g/mol. The first-order valence-electron chi connectivity index (χ1n) is 9.46. The van der Waals surface area contributed by atoms with Crippen LogP contribution >= 0.6 is 0 Å². The lowest BCUT2D eigenvalue weighted by atomic mass is 10.0. The minimum absolute atomic E-state index is 0.241. The van der Waals surface area contributed by atoms with Crippen molar-refractivity contribution in [2.75, 3.05) is 7.11 Å². The number of hydrogen-bond acceptors (Lipinski definition) is 5. The zero-order valence-electron chi connectivity index (χ0n) is 16.2. The molecule has 0 aliphatic carbocycles. The number of nitrogens with one attached hydrogen (secondary N) is 3. The number of piperazine rings is 1. The molecule has 28 heavy (non-hydrogen) atoms. The van der Waals surface area contributed by atoms with E-state index in [-0.39, 0.29) is 12.3 Å². The van der Waals surface area contributed by atoms with Gasteiger partial charge in [-0.15, -0.1) is 0 Å². The summed E-state index contributed by atoms with van der Waals surface area (Å²) in [6, 6.07) is 6.95. The van der Waals surface area contributed by atoms with Crippen LogP contribution in [0.4, 0.5) is 0 Å². The molecule has 0 radical (unpaired) electrons. The van der Waals surface area contributed by atoms with Crippen molar-refractivity contribution < 1.29 is 23.9 Å². The number of carbonyl (C=O) groups is 4. The Hall–Kier alpha value is -2.90. The van der Waals surface area contributed by atoms with Gasteiger partial charge in [0.2, 0.25) is 17.7 Å². The molecule has 8 nitrogen and oxygen atoms in total. The molecule has 0 saturated carbocycles. The van der Waals surface area contributed by atoms with Gasteiger partial charge in [0, 0.05) is 6.42 Å². The van der Waals surface area contributed by atoms with Crippen LogP contribution in [0.5, 0.6) is 0 Å². The largest absolute Gasteiger partial charge is 0.467 e. The van der Waals surface area contributed by atoms with E-state index < -0.39 is 35.9 Å². The van der Waals surface area contributed by atoms with Crippen LogP contribution in [-0.2, 0) is 30.3 Å². The molecule has 1 aliphatic heterocycles. The highest BCUT2D eigenvalue weighted by atomic mass is 16.5. The molecule has 1 fully saturated rings. The molecule has 1 heterocycles. The van der Waals surface area contributed by atoms with Crippen molar-refractivity contribution in [1.82, 2.24) is 16.0 Å². The molecule has 3 atom stereocenters. The van der Waals surface area contributed by atoms with Crippen LogP contribution in [0.25, 0.3) is 0 Å². The molecule has 0 unspecified atom stereocenters. The van der Waals surface area contributed by atoms with Crippen molar-refractivity contribution in [3.8, 4) is 0 Å². The fourth-order valence-corrected chi connectivity index (χ4v) is 3.05. The molecule has 0 aromatic heterocycles. The fraction of sp³-hybridized carbons (Fsp3) is 0.500. The van der Waals surface area contributed by atoms with E-state index in [1.54, 1.807) is 0 Å². The highest BCUT2D eigenvalue weighted by molar-refractivity contribution is 5.99. The molecule has 0 bridgehead atoms. The summed E-state index contributed by atoms with van der Waals surface area (Å²) in [5, 5.41) is 7.86. The van der Waals surface area contributed by atoms with Gasteiger partial charge < -0.3 is 20.7 Å². The van der Waals surface area contributed by atoms with Crippen molar-refractivity contribution in [1.29, 1.82) is 0 Å². The Labute approximate surface area is 164 Å². The van der Waals surface area contributed by atoms with Crippen LogP contribution in [0.1, 0.15) is 38.2 Å². The second-order valence-electron chi connectivity index (χ2n) is 6.80. The normalized spacial score (nSPS) is 19.9. The first-order chi connectivity index (χ1) is 13.4. The molecule has 1 aromatic rings. The van der Waals surface area contributed by atoms with E-state index in [2.05, 4.69) is 16.0 Å². The van der Waals surface area contributed by atoms with Crippen molar-refractivity contribution >= 4 is 23.7 Å². The van der Waals surface area contributed by atoms with Crippen molar-refractivity contribution in [2.45, 2.75) is 57.2 Å². The second kappa shape index (κ2) is 10.4. The summed E-state index contributed by atoms with van der Waals surface area (Å²) in [7, 11) is 1.26. The first-order valence-corrected chi connectivity index (χ1v) is 9.46. The lowest BCUT2D eigenvalue weighted by molar-refractivity contribution is -0.145. The maximum absolute atomic E-state index is 12.3. The molecule has 3 N–H and O–H groups in total. The maximum atomic E-state index is 12.3.